The summed E-state index contributed by atoms with van der Waals surface area (Å²) in [6.07, 6.45) is 0.218. The quantitative estimate of drug-likeness (QED) is 0.190. The highest BCUT2D eigenvalue weighted by atomic mass is 16.6. The zero-order valence-electron chi connectivity index (χ0n) is 22.0. The number of nitro benzene ring substituents is 2. The van der Waals surface area contributed by atoms with E-state index in [0.29, 0.717) is 22.6 Å². The van der Waals surface area contributed by atoms with E-state index in [4.69, 9.17) is 4.74 Å². The predicted octanol–water partition coefficient (Wildman–Crippen LogP) is 6.73. The molecule has 1 aliphatic rings. The Hall–Kier alpha value is -5.51. The van der Waals surface area contributed by atoms with Gasteiger partial charge in [-0.15, -0.1) is 0 Å². The monoisotopic (exact) mass is 550 g/mol. The van der Waals surface area contributed by atoms with Crippen molar-refractivity contribution in [2.45, 2.75) is 18.5 Å². The van der Waals surface area contributed by atoms with Gasteiger partial charge in [-0.3, -0.25) is 25.0 Å². The standard InChI is InChI=1S/C31H26N4O6/c1-41-28-20-27(21-10-8-16-25(18-21)34(37)38)33(24-14-6-3-7-15-24)30(22-11-9-17-26(19-22)35(39)40)29(28)31(36)32-23-12-4-2-5-13-23/h2-19,27,30H,20H2,1H3,(H,32,36). The van der Waals surface area contributed by atoms with Crippen molar-refractivity contribution in [1.82, 2.24) is 0 Å². The van der Waals surface area contributed by atoms with E-state index in [9.17, 15) is 25.0 Å². The van der Waals surface area contributed by atoms with Gasteiger partial charge >= 0.3 is 0 Å². The van der Waals surface area contributed by atoms with Gasteiger partial charge in [-0.05, 0) is 35.4 Å². The second kappa shape index (κ2) is 11.7. The van der Waals surface area contributed by atoms with Gasteiger partial charge in [0.15, 0.2) is 0 Å². The Bertz CT molecular complexity index is 1620. The Labute approximate surface area is 235 Å². The molecule has 0 saturated carbocycles. The van der Waals surface area contributed by atoms with Crippen molar-refractivity contribution < 1.29 is 19.4 Å². The highest BCUT2D eigenvalue weighted by Gasteiger charge is 2.42. The number of carbonyl (C=O) groups is 1. The topological polar surface area (TPSA) is 128 Å². The molecule has 0 saturated heterocycles. The summed E-state index contributed by atoms with van der Waals surface area (Å²) in [6.45, 7) is 0. The van der Waals surface area contributed by atoms with Crippen molar-refractivity contribution in [3.63, 3.8) is 0 Å². The van der Waals surface area contributed by atoms with E-state index in [1.165, 1.54) is 31.4 Å². The maximum atomic E-state index is 14.0. The number of carbonyl (C=O) groups excluding carboxylic acids is 1. The van der Waals surface area contributed by atoms with Crippen molar-refractivity contribution >= 4 is 28.7 Å². The molecule has 0 aliphatic carbocycles. The van der Waals surface area contributed by atoms with Gasteiger partial charge in [-0.1, -0.05) is 60.7 Å². The van der Waals surface area contributed by atoms with Crippen molar-refractivity contribution in [3.8, 4) is 0 Å². The normalized spacial score (nSPS) is 16.7. The molecule has 0 bridgehead atoms. The lowest BCUT2D eigenvalue weighted by Gasteiger charge is -2.45. The van der Waals surface area contributed by atoms with Gasteiger partial charge in [-0.25, -0.2) is 0 Å². The number of methoxy groups -OCH3 is 1. The smallest absolute Gasteiger partial charge is 0.269 e. The van der Waals surface area contributed by atoms with Crippen molar-refractivity contribution in [3.05, 3.63) is 152 Å². The van der Waals surface area contributed by atoms with Crippen molar-refractivity contribution in [2.24, 2.45) is 0 Å². The first-order valence-corrected chi connectivity index (χ1v) is 12.8. The van der Waals surface area contributed by atoms with Crippen LogP contribution in [0.3, 0.4) is 0 Å². The largest absolute Gasteiger partial charge is 0.500 e. The molecule has 1 amide bonds. The maximum absolute atomic E-state index is 14.0. The number of hydrogen-bond donors (Lipinski definition) is 1. The second-order valence-electron chi connectivity index (χ2n) is 9.43. The number of hydrogen-bond acceptors (Lipinski definition) is 7. The molecule has 1 N–H and O–H groups in total. The second-order valence-corrected chi connectivity index (χ2v) is 9.43. The molecular formula is C31H26N4O6. The highest BCUT2D eigenvalue weighted by Crippen LogP contribution is 2.48. The van der Waals surface area contributed by atoms with Crippen LogP contribution >= 0.6 is 0 Å². The summed E-state index contributed by atoms with van der Waals surface area (Å²) in [5.74, 6) is -0.0541. The summed E-state index contributed by atoms with van der Waals surface area (Å²) >= 11 is 0. The van der Waals surface area contributed by atoms with Crippen LogP contribution in [0.1, 0.15) is 29.6 Å². The van der Waals surface area contributed by atoms with E-state index in [1.54, 1.807) is 48.5 Å². The third-order valence-corrected chi connectivity index (χ3v) is 7.01. The molecule has 4 aromatic rings. The molecule has 2 unspecified atom stereocenters. The van der Waals surface area contributed by atoms with Gasteiger partial charge in [0.05, 0.1) is 34.6 Å². The van der Waals surface area contributed by atoms with Crippen LogP contribution in [0.2, 0.25) is 0 Å². The average molecular weight is 551 g/mol. The zero-order valence-corrected chi connectivity index (χ0v) is 22.0. The summed E-state index contributed by atoms with van der Waals surface area (Å²) in [5, 5.41) is 26.4. The summed E-state index contributed by atoms with van der Waals surface area (Å²) in [4.78, 5) is 38.5. The van der Waals surface area contributed by atoms with Gasteiger partial charge in [0.1, 0.15) is 5.76 Å². The van der Waals surface area contributed by atoms with Crippen LogP contribution in [0.15, 0.2) is 121 Å². The minimum atomic E-state index is -0.839. The number of anilines is 2. The summed E-state index contributed by atoms with van der Waals surface area (Å²) in [7, 11) is 1.47. The zero-order chi connectivity index (χ0) is 28.9. The molecular weight excluding hydrogens is 524 g/mol. The fraction of sp³-hybridized carbons (Fsp3) is 0.129. The fourth-order valence-corrected chi connectivity index (χ4v) is 5.21. The van der Waals surface area contributed by atoms with Crippen molar-refractivity contribution in [1.29, 1.82) is 0 Å². The molecule has 10 nitrogen and oxygen atoms in total. The van der Waals surface area contributed by atoms with Crippen LogP contribution < -0.4 is 10.2 Å². The van der Waals surface area contributed by atoms with E-state index in [0.717, 1.165) is 5.69 Å². The van der Waals surface area contributed by atoms with E-state index < -0.39 is 27.8 Å². The first-order chi connectivity index (χ1) is 19.9. The van der Waals surface area contributed by atoms with Gasteiger partial charge in [0.2, 0.25) is 0 Å². The lowest BCUT2D eigenvalue weighted by Crippen LogP contribution is -2.41. The molecule has 4 aromatic carbocycles. The van der Waals surface area contributed by atoms with Gasteiger partial charge < -0.3 is 15.0 Å². The number of ether oxygens (including phenoxy) is 1. The third-order valence-electron chi connectivity index (χ3n) is 7.01. The Morgan fingerprint density at radius 2 is 1.37 bits per heavy atom. The highest BCUT2D eigenvalue weighted by molar-refractivity contribution is 6.06. The lowest BCUT2D eigenvalue weighted by molar-refractivity contribution is -0.385. The molecule has 10 heteroatoms. The number of non-ortho nitro benzene ring substituents is 2. The summed E-state index contributed by atoms with van der Waals surface area (Å²) < 4.78 is 5.83. The van der Waals surface area contributed by atoms with E-state index >= 15 is 0 Å². The number of nitro groups is 2. The number of para-hydroxylation sites is 2. The third kappa shape index (κ3) is 5.62. The number of amides is 1. The van der Waals surface area contributed by atoms with Crippen LogP contribution in [-0.4, -0.2) is 22.9 Å². The maximum Gasteiger partial charge on any atom is 0.269 e. The average Bonchev–Trinajstić information content (AvgIpc) is 3.01. The number of nitrogens with zero attached hydrogens (tertiary/aromatic N) is 3. The Kier molecular flexibility index (Phi) is 7.73. The fourth-order valence-electron chi connectivity index (χ4n) is 5.21. The number of nitrogens with one attached hydrogen (secondary N) is 1. The summed E-state index contributed by atoms with van der Waals surface area (Å²) in [5.41, 5.74) is 2.50. The van der Waals surface area contributed by atoms with E-state index in [2.05, 4.69) is 5.32 Å². The number of benzene rings is 4. The van der Waals surface area contributed by atoms with Gasteiger partial charge in [0, 0.05) is 42.1 Å². The first-order valence-electron chi connectivity index (χ1n) is 12.8. The Morgan fingerprint density at radius 3 is 1.95 bits per heavy atom. The summed E-state index contributed by atoms with van der Waals surface area (Å²) in [6, 6.07) is 29.4. The van der Waals surface area contributed by atoms with Crippen LogP contribution in [0, 0.1) is 20.2 Å². The molecule has 0 radical (unpaired) electrons. The molecule has 1 aliphatic heterocycles. The molecule has 1 heterocycles. The SMILES string of the molecule is COC1=C(C(=O)Nc2ccccc2)C(c2cccc([N+](=O)[O-])c2)N(c2ccccc2)C(c2cccc([N+](=O)[O-])c2)C1. The van der Waals surface area contributed by atoms with Crippen LogP contribution in [-0.2, 0) is 9.53 Å². The van der Waals surface area contributed by atoms with Crippen LogP contribution in [0.25, 0.3) is 0 Å². The minimum absolute atomic E-state index is 0.0713. The molecule has 5 rings (SSSR count). The predicted molar refractivity (Wildman–Crippen MR) is 154 cm³/mol. The van der Waals surface area contributed by atoms with E-state index in [1.807, 2.05) is 41.3 Å². The molecule has 206 valence electrons. The van der Waals surface area contributed by atoms with Crippen LogP contribution in [0.4, 0.5) is 22.7 Å². The first kappa shape index (κ1) is 27.1. The van der Waals surface area contributed by atoms with Gasteiger partial charge in [0.25, 0.3) is 17.3 Å². The lowest BCUT2D eigenvalue weighted by atomic mass is 9.84. The van der Waals surface area contributed by atoms with E-state index in [-0.39, 0.29) is 23.4 Å². The molecule has 0 fully saturated rings. The Balaban J connectivity index is 1.76. The van der Waals surface area contributed by atoms with Gasteiger partial charge in [-0.2, -0.15) is 0 Å². The molecule has 0 aromatic heterocycles. The molecule has 2 atom stereocenters. The molecule has 41 heavy (non-hydrogen) atoms. The Morgan fingerprint density at radius 1 is 0.805 bits per heavy atom. The van der Waals surface area contributed by atoms with Crippen LogP contribution in [0.5, 0.6) is 0 Å². The number of rotatable bonds is 8. The molecule has 0 spiro atoms. The van der Waals surface area contributed by atoms with Crippen molar-refractivity contribution in [2.75, 3.05) is 17.3 Å². The minimum Gasteiger partial charge on any atom is -0.500 e.